The second-order valence-corrected chi connectivity index (χ2v) is 8.01. The lowest BCUT2D eigenvalue weighted by Gasteiger charge is -2.10. The number of methoxy groups -OCH3 is 1. The lowest BCUT2D eigenvalue weighted by molar-refractivity contribution is 0.0951. The molecule has 2 aromatic carbocycles. The van der Waals surface area contributed by atoms with Crippen molar-refractivity contribution in [2.45, 2.75) is 32.2 Å². The van der Waals surface area contributed by atoms with Gasteiger partial charge in [-0.2, -0.15) is 0 Å². The van der Waals surface area contributed by atoms with Crippen LogP contribution in [0.1, 0.15) is 35.3 Å². The Morgan fingerprint density at radius 2 is 1.58 bits per heavy atom. The van der Waals surface area contributed by atoms with Gasteiger partial charge < -0.3 is 10.1 Å². The minimum atomic E-state index is -3.34. The quantitative estimate of drug-likeness (QED) is 0.741. The molecule has 0 aromatic heterocycles. The lowest BCUT2D eigenvalue weighted by atomic mass is 10.1. The Morgan fingerprint density at radius 3 is 2.12 bits per heavy atom. The minimum absolute atomic E-state index is 0.0658. The van der Waals surface area contributed by atoms with Crippen LogP contribution in [0.3, 0.4) is 0 Å². The van der Waals surface area contributed by atoms with E-state index in [0.29, 0.717) is 23.4 Å². The van der Waals surface area contributed by atoms with Gasteiger partial charge in [0.1, 0.15) is 5.75 Å². The highest BCUT2D eigenvalue weighted by Gasteiger charge is 2.13. The minimum Gasteiger partial charge on any atom is -0.497 e. The number of carbonyl (C=O) groups excluding carboxylic acids is 1. The van der Waals surface area contributed by atoms with Crippen LogP contribution in [0.25, 0.3) is 0 Å². The second-order valence-electron chi connectivity index (χ2n) is 6.26. The fraction of sp³-hybridized carbons (Fsp3) is 0.316. The molecule has 0 atom stereocenters. The number of hydrogen-bond acceptors (Lipinski definition) is 4. The maximum atomic E-state index is 12.1. The molecule has 0 radical (unpaired) electrons. The predicted molar refractivity (Wildman–Crippen MR) is 102 cm³/mol. The van der Waals surface area contributed by atoms with E-state index in [-0.39, 0.29) is 17.7 Å². The summed E-state index contributed by atoms with van der Waals surface area (Å²) in [4.78, 5) is 12.1. The van der Waals surface area contributed by atoms with Crippen LogP contribution in [0.2, 0.25) is 0 Å². The van der Waals surface area contributed by atoms with Crippen molar-refractivity contribution in [2.75, 3.05) is 7.11 Å². The predicted octanol–water partition coefficient (Wildman–Crippen LogP) is 2.45. The fourth-order valence-corrected chi connectivity index (χ4v) is 3.83. The molecule has 0 saturated heterocycles. The van der Waals surface area contributed by atoms with Crippen LogP contribution in [0, 0.1) is 0 Å². The van der Waals surface area contributed by atoms with Gasteiger partial charge in [0, 0.05) is 18.2 Å². The van der Waals surface area contributed by atoms with Gasteiger partial charge in [-0.25, -0.2) is 13.1 Å². The van der Waals surface area contributed by atoms with Gasteiger partial charge in [0.25, 0.3) is 5.91 Å². The standard InChI is InChI=1S/C19H24N2O4S/c1-14(2)21-26(23,24)13-16-6-4-15(5-7-16)12-20-19(22)17-8-10-18(25-3)11-9-17/h4-11,14,21H,12-13H2,1-3H3,(H,20,22). The van der Waals surface area contributed by atoms with Crippen molar-refractivity contribution in [3.8, 4) is 5.75 Å². The Hall–Kier alpha value is -2.38. The first-order valence-electron chi connectivity index (χ1n) is 8.29. The summed E-state index contributed by atoms with van der Waals surface area (Å²) < 4.78 is 31.5. The molecule has 0 heterocycles. The van der Waals surface area contributed by atoms with E-state index in [1.165, 1.54) is 0 Å². The van der Waals surface area contributed by atoms with Gasteiger partial charge in [-0.3, -0.25) is 4.79 Å². The number of ether oxygens (including phenoxy) is 1. The van der Waals surface area contributed by atoms with Crippen LogP contribution in [0.15, 0.2) is 48.5 Å². The monoisotopic (exact) mass is 376 g/mol. The smallest absolute Gasteiger partial charge is 0.251 e. The molecule has 2 aromatic rings. The summed E-state index contributed by atoms with van der Waals surface area (Å²) in [6.45, 7) is 3.93. The molecule has 2 N–H and O–H groups in total. The van der Waals surface area contributed by atoms with E-state index in [2.05, 4.69) is 10.0 Å². The van der Waals surface area contributed by atoms with Crippen LogP contribution in [-0.4, -0.2) is 27.5 Å². The van der Waals surface area contributed by atoms with E-state index in [1.807, 2.05) is 12.1 Å². The summed E-state index contributed by atoms with van der Waals surface area (Å²) in [5.74, 6) is 0.448. The SMILES string of the molecule is COc1ccc(C(=O)NCc2ccc(CS(=O)(=O)NC(C)C)cc2)cc1. The Morgan fingerprint density at radius 1 is 1.00 bits per heavy atom. The highest BCUT2D eigenvalue weighted by molar-refractivity contribution is 7.88. The van der Waals surface area contributed by atoms with E-state index in [0.717, 1.165) is 5.56 Å². The van der Waals surface area contributed by atoms with Crippen molar-refractivity contribution in [2.24, 2.45) is 0 Å². The molecule has 0 fully saturated rings. The normalized spacial score (nSPS) is 11.4. The molecule has 2 rings (SSSR count). The molecule has 26 heavy (non-hydrogen) atoms. The zero-order valence-electron chi connectivity index (χ0n) is 15.2. The third-order valence-corrected chi connectivity index (χ3v) is 5.14. The number of nitrogens with one attached hydrogen (secondary N) is 2. The van der Waals surface area contributed by atoms with Crippen molar-refractivity contribution in [3.63, 3.8) is 0 Å². The molecule has 0 saturated carbocycles. The first-order chi connectivity index (χ1) is 12.3. The van der Waals surface area contributed by atoms with E-state index >= 15 is 0 Å². The molecular formula is C19H24N2O4S. The van der Waals surface area contributed by atoms with Crippen molar-refractivity contribution in [1.29, 1.82) is 0 Å². The van der Waals surface area contributed by atoms with Gasteiger partial charge >= 0.3 is 0 Å². The third kappa shape index (κ3) is 6.16. The molecule has 6 nitrogen and oxygen atoms in total. The van der Waals surface area contributed by atoms with Crippen molar-refractivity contribution in [3.05, 3.63) is 65.2 Å². The Bertz CT molecular complexity index is 829. The summed E-state index contributed by atoms with van der Waals surface area (Å²) >= 11 is 0. The molecule has 0 bridgehead atoms. The van der Waals surface area contributed by atoms with E-state index < -0.39 is 10.0 Å². The zero-order valence-corrected chi connectivity index (χ0v) is 16.0. The van der Waals surface area contributed by atoms with Gasteiger partial charge in [0.15, 0.2) is 0 Å². The van der Waals surface area contributed by atoms with Gasteiger partial charge in [-0.05, 0) is 49.2 Å². The summed E-state index contributed by atoms with van der Waals surface area (Å²) in [7, 11) is -1.77. The first-order valence-corrected chi connectivity index (χ1v) is 9.94. The van der Waals surface area contributed by atoms with Crippen LogP contribution in [0.5, 0.6) is 5.75 Å². The first kappa shape index (κ1) is 19.9. The molecule has 7 heteroatoms. The fourth-order valence-electron chi connectivity index (χ4n) is 2.40. The maximum absolute atomic E-state index is 12.1. The van der Waals surface area contributed by atoms with Gasteiger partial charge in [0.2, 0.25) is 10.0 Å². The topological polar surface area (TPSA) is 84.5 Å². The number of carbonyl (C=O) groups is 1. The molecule has 0 spiro atoms. The third-order valence-electron chi connectivity index (χ3n) is 3.60. The number of hydrogen-bond donors (Lipinski definition) is 2. The van der Waals surface area contributed by atoms with Gasteiger partial charge in [-0.1, -0.05) is 24.3 Å². The zero-order chi connectivity index (χ0) is 19.2. The summed E-state index contributed by atoms with van der Waals surface area (Å²) in [6.07, 6.45) is 0. The number of sulfonamides is 1. The lowest BCUT2D eigenvalue weighted by Crippen LogP contribution is -2.31. The van der Waals surface area contributed by atoms with Crippen molar-refractivity contribution in [1.82, 2.24) is 10.0 Å². The number of amides is 1. The molecule has 0 aliphatic rings. The average Bonchev–Trinajstić information content (AvgIpc) is 2.59. The maximum Gasteiger partial charge on any atom is 0.251 e. The Kier molecular flexibility index (Phi) is 6.76. The average molecular weight is 376 g/mol. The van der Waals surface area contributed by atoms with Crippen LogP contribution >= 0.6 is 0 Å². The number of benzene rings is 2. The molecule has 0 unspecified atom stereocenters. The molecule has 140 valence electrons. The highest BCUT2D eigenvalue weighted by atomic mass is 32.2. The molecule has 1 amide bonds. The molecule has 0 aliphatic carbocycles. The summed E-state index contributed by atoms with van der Waals surface area (Å²) in [5, 5.41) is 2.84. The second kappa shape index (κ2) is 8.82. The van der Waals surface area contributed by atoms with E-state index in [9.17, 15) is 13.2 Å². The number of rotatable bonds is 8. The van der Waals surface area contributed by atoms with E-state index in [1.54, 1.807) is 57.4 Å². The molecule has 0 aliphatic heterocycles. The Labute approximate surface area is 154 Å². The highest BCUT2D eigenvalue weighted by Crippen LogP contribution is 2.12. The summed E-state index contributed by atoms with van der Waals surface area (Å²) in [5.41, 5.74) is 2.14. The van der Waals surface area contributed by atoms with E-state index in [4.69, 9.17) is 4.74 Å². The van der Waals surface area contributed by atoms with Crippen molar-refractivity contribution < 1.29 is 17.9 Å². The van der Waals surface area contributed by atoms with Crippen LogP contribution < -0.4 is 14.8 Å². The van der Waals surface area contributed by atoms with Gasteiger partial charge in [-0.15, -0.1) is 0 Å². The van der Waals surface area contributed by atoms with Crippen LogP contribution in [0.4, 0.5) is 0 Å². The van der Waals surface area contributed by atoms with Crippen LogP contribution in [-0.2, 0) is 22.3 Å². The Balaban J connectivity index is 1.91. The van der Waals surface area contributed by atoms with Gasteiger partial charge in [0.05, 0.1) is 12.9 Å². The van der Waals surface area contributed by atoms with Crippen molar-refractivity contribution >= 4 is 15.9 Å². The largest absolute Gasteiger partial charge is 0.497 e. The molecular weight excluding hydrogens is 352 g/mol. The summed E-state index contributed by atoms with van der Waals surface area (Å²) in [6, 6.07) is 13.9.